The molecule has 6 nitrogen and oxygen atoms in total. The monoisotopic (exact) mass is 196 g/mol. The van der Waals surface area contributed by atoms with Gasteiger partial charge in [0, 0.05) is 6.20 Å². The van der Waals surface area contributed by atoms with Crippen LogP contribution in [0.3, 0.4) is 0 Å². The van der Waals surface area contributed by atoms with Gasteiger partial charge in [-0.2, -0.15) is 0 Å². The van der Waals surface area contributed by atoms with Crippen molar-refractivity contribution >= 4 is 24.0 Å². The number of rotatable bonds is 1. The van der Waals surface area contributed by atoms with Gasteiger partial charge in [0.1, 0.15) is 16.5 Å². The maximum absolute atomic E-state index is 10.6. The van der Waals surface area contributed by atoms with Gasteiger partial charge in [-0.25, -0.2) is 19.3 Å². The molecule has 0 bridgehead atoms. The van der Waals surface area contributed by atoms with Crippen molar-refractivity contribution in [3.8, 4) is 0 Å². The molecule has 0 aliphatic heterocycles. The molecule has 13 heavy (non-hydrogen) atoms. The van der Waals surface area contributed by atoms with Gasteiger partial charge in [-0.1, -0.05) is 12.2 Å². The zero-order chi connectivity index (χ0) is 9.42. The minimum Gasteiger partial charge on any atom is -0.478 e. The molecular formula is C6H4N4O2S. The second-order valence-corrected chi connectivity index (χ2v) is 2.69. The SMILES string of the molecule is O=C(O)c1cnc2nc[nH]n2c1=S. The van der Waals surface area contributed by atoms with Crippen LogP contribution in [0, 0.1) is 4.64 Å². The Morgan fingerprint density at radius 2 is 2.38 bits per heavy atom. The number of aromatic carboxylic acids is 1. The van der Waals surface area contributed by atoms with Crippen molar-refractivity contribution < 1.29 is 9.90 Å². The molecule has 2 heterocycles. The summed E-state index contributed by atoms with van der Waals surface area (Å²) in [5.74, 6) is -0.739. The summed E-state index contributed by atoms with van der Waals surface area (Å²) in [7, 11) is 0. The second kappa shape index (κ2) is 2.63. The number of fused-ring (bicyclic) bond motifs is 1. The van der Waals surface area contributed by atoms with E-state index in [2.05, 4.69) is 15.1 Å². The Balaban J connectivity index is 2.89. The highest BCUT2D eigenvalue weighted by Crippen LogP contribution is 2.02. The van der Waals surface area contributed by atoms with Crippen molar-refractivity contribution in [2.45, 2.75) is 0 Å². The molecule has 7 heteroatoms. The third-order valence-corrected chi connectivity index (χ3v) is 1.94. The van der Waals surface area contributed by atoms with E-state index in [4.69, 9.17) is 17.3 Å². The van der Waals surface area contributed by atoms with Crippen LogP contribution in [0.5, 0.6) is 0 Å². The van der Waals surface area contributed by atoms with E-state index in [1.165, 1.54) is 17.0 Å². The van der Waals surface area contributed by atoms with Crippen LogP contribution < -0.4 is 0 Å². The quantitative estimate of drug-likeness (QED) is 0.648. The smallest absolute Gasteiger partial charge is 0.340 e. The summed E-state index contributed by atoms with van der Waals surface area (Å²) in [6.45, 7) is 0. The molecule has 0 saturated carbocycles. The first kappa shape index (κ1) is 7.87. The number of aromatic amines is 1. The molecule has 2 aromatic rings. The summed E-state index contributed by atoms with van der Waals surface area (Å²) in [6.07, 6.45) is 2.59. The van der Waals surface area contributed by atoms with Crippen LogP contribution in [0.15, 0.2) is 12.5 Å². The van der Waals surface area contributed by atoms with E-state index in [1.54, 1.807) is 0 Å². The summed E-state index contributed by atoms with van der Waals surface area (Å²) < 4.78 is 1.49. The molecule has 0 unspecified atom stereocenters. The van der Waals surface area contributed by atoms with E-state index >= 15 is 0 Å². The van der Waals surface area contributed by atoms with Gasteiger partial charge < -0.3 is 5.11 Å². The summed E-state index contributed by atoms with van der Waals surface area (Å²) in [5, 5.41) is 11.4. The van der Waals surface area contributed by atoms with E-state index in [0.29, 0.717) is 5.78 Å². The molecule has 0 aliphatic rings. The Hall–Kier alpha value is -1.76. The van der Waals surface area contributed by atoms with Crippen LogP contribution in [-0.4, -0.2) is 30.7 Å². The summed E-state index contributed by atoms with van der Waals surface area (Å²) in [6, 6.07) is 0. The fraction of sp³-hybridized carbons (Fsp3) is 0. The predicted octanol–water partition coefficient (Wildman–Crippen LogP) is 0.485. The number of H-pyrrole nitrogens is 1. The lowest BCUT2D eigenvalue weighted by Crippen LogP contribution is -2.03. The average molecular weight is 196 g/mol. The van der Waals surface area contributed by atoms with Gasteiger partial charge >= 0.3 is 5.97 Å². The lowest BCUT2D eigenvalue weighted by atomic mass is 10.3. The maximum Gasteiger partial charge on any atom is 0.340 e. The van der Waals surface area contributed by atoms with Crippen molar-refractivity contribution in [2.24, 2.45) is 0 Å². The van der Waals surface area contributed by atoms with Gasteiger partial charge in [0.2, 0.25) is 0 Å². The number of aromatic nitrogens is 4. The lowest BCUT2D eigenvalue weighted by Gasteiger charge is -1.95. The van der Waals surface area contributed by atoms with Gasteiger partial charge in [-0.3, -0.25) is 5.10 Å². The molecule has 2 aromatic heterocycles. The molecule has 2 rings (SSSR count). The average Bonchev–Trinajstić information content (AvgIpc) is 2.52. The molecule has 0 atom stereocenters. The minimum atomic E-state index is -1.10. The number of carboxylic acids is 1. The molecule has 0 amide bonds. The molecule has 66 valence electrons. The number of hydrogen-bond acceptors (Lipinski definition) is 4. The third kappa shape index (κ3) is 1.09. The maximum atomic E-state index is 10.6. The van der Waals surface area contributed by atoms with Crippen molar-refractivity contribution in [2.75, 3.05) is 0 Å². The van der Waals surface area contributed by atoms with Gasteiger partial charge in [0.05, 0.1) is 0 Å². The highest BCUT2D eigenvalue weighted by Gasteiger charge is 2.08. The summed E-state index contributed by atoms with van der Waals surface area (Å²) >= 11 is 4.89. The van der Waals surface area contributed by atoms with Crippen LogP contribution in [-0.2, 0) is 0 Å². The first-order valence-electron chi connectivity index (χ1n) is 3.34. The van der Waals surface area contributed by atoms with Gasteiger partial charge in [0.15, 0.2) is 0 Å². The molecule has 0 fully saturated rings. The van der Waals surface area contributed by atoms with E-state index < -0.39 is 5.97 Å². The highest BCUT2D eigenvalue weighted by atomic mass is 32.1. The predicted molar refractivity (Wildman–Crippen MR) is 45.1 cm³/mol. The third-order valence-electron chi connectivity index (χ3n) is 1.54. The second-order valence-electron chi connectivity index (χ2n) is 2.30. The number of carbonyl (C=O) groups is 1. The van der Waals surface area contributed by atoms with Crippen LogP contribution in [0.4, 0.5) is 0 Å². The van der Waals surface area contributed by atoms with Crippen LogP contribution in [0.2, 0.25) is 0 Å². The Labute approximate surface area is 76.9 Å². The van der Waals surface area contributed by atoms with Crippen LogP contribution >= 0.6 is 12.2 Å². The summed E-state index contributed by atoms with van der Waals surface area (Å²) in [4.78, 5) is 18.2. The lowest BCUT2D eigenvalue weighted by molar-refractivity contribution is 0.0695. The number of nitrogens with zero attached hydrogens (tertiary/aromatic N) is 3. The molecule has 2 N–H and O–H groups in total. The van der Waals surface area contributed by atoms with Crippen molar-refractivity contribution in [1.29, 1.82) is 0 Å². The Morgan fingerprint density at radius 3 is 3.08 bits per heavy atom. The van der Waals surface area contributed by atoms with Crippen molar-refractivity contribution in [1.82, 2.24) is 19.6 Å². The van der Waals surface area contributed by atoms with Crippen LogP contribution in [0.25, 0.3) is 5.78 Å². The zero-order valence-corrected chi connectivity index (χ0v) is 7.08. The normalized spacial score (nSPS) is 10.5. The van der Waals surface area contributed by atoms with Crippen molar-refractivity contribution in [3.05, 3.63) is 22.7 Å². The van der Waals surface area contributed by atoms with Gasteiger partial charge in [-0.15, -0.1) is 0 Å². The Morgan fingerprint density at radius 1 is 1.62 bits per heavy atom. The highest BCUT2D eigenvalue weighted by molar-refractivity contribution is 7.71. The van der Waals surface area contributed by atoms with Crippen molar-refractivity contribution in [3.63, 3.8) is 0 Å². The molecule has 0 radical (unpaired) electrons. The number of hydrogen-bond donors (Lipinski definition) is 2. The molecule has 0 saturated heterocycles. The van der Waals surface area contributed by atoms with Gasteiger partial charge in [-0.05, 0) is 0 Å². The molecule has 0 aliphatic carbocycles. The fourth-order valence-corrected chi connectivity index (χ4v) is 1.22. The van der Waals surface area contributed by atoms with E-state index in [0.717, 1.165) is 0 Å². The zero-order valence-electron chi connectivity index (χ0n) is 6.26. The molecule has 0 spiro atoms. The molecular weight excluding hydrogens is 192 g/mol. The Bertz CT molecular complexity index is 529. The van der Waals surface area contributed by atoms with Gasteiger partial charge in [0.25, 0.3) is 5.78 Å². The summed E-state index contributed by atoms with van der Waals surface area (Å²) in [5.41, 5.74) is -0.0169. The first-order chi connectivity index (χ1) is 6.20. The van der Waals surface area contributed by atoms with E-state index in [1.807, 2.05) is 0 Å². The minimum absolute atomic E-state index is 0.0169. The Kier molecular flexibility index (Phi) is 1.59. The number of carboxylic acid groups (broad SMARTS) is 1. The first-order valence-corrected chi connectivity index (χ1v) is 3.75. The molecule has 0 aromatic carbocycles. The standard InChI is InChI=1S/C6H4N4O2S/c11-5(12)3-1-7-6-8-2-9-10(6)4(3)13/h1-2H,(H,11,12)(H,7,8,9). The fourth-order valence-electron chi connectivity index (χ4n) is 0.945. The number of nitrogens with one attached hydrogen (secondary N) is 1. The van der Waals surface area contributed by atoms with Crippen LogP contribution in [0.1, 0.15) is 10.4 Å². The van der Waals surface area contributed by atoms with E-state index in [-0.39, 0.29) is 10.2 Å². The topological polar surface area (TPSA) is 83.3 Å². The largest absolute Gasteiger partial charge is 0.478 e. The van der Waals surface area contributed by atoms with E-state index in [9.17, 15) is 4.79 Å².